The van der Waals surface area contributed by atoms with Crippen LogP contribution < -0.4 is 5.32 Å². The highest BCUT2D eigenvalue weighted by Crippen LogP contribution is 2.29. The second kappa shape index (κ2) is 7.34. The van der Waals surface area contributed by atoms with E-state index in [1.807, 2.05) is 0 Å². The number of hydrogen-bond acceptors (Lipinski definition) is 3. The molecule has 0 fully saturated rings. The number of hydrogen-bond donors (Lipinski definition) is 2. The molecule has 0 aliphatic carbocycles. The van der Waals surface area contributed by atoms with Crippen molar-refractivity contribution in [1.82, 2.24) is 10.2 Å². The largest absolute Gasteiger partial charge is 0.394 e. The van der Waals surface area contributed by atoms with Gasteiger partial charge in [0.25, 0.3) is 0 Å². The quantitative estimate of drug-likeness (QED) is 0.652. The lowest BCUT2D eigenvalue weighted by Gasteiger charge is -2.42. The summed E-state index contributed by atoms with van der Waals surface area (Å²) in [5, 5.41) is 12.9. The molecule has 0 aromatic heterocycles. The van der Waals surface area contributed by atoms with Gasteiger partial charge in [-0.2, -0.15) is 0 Å². The predicted molar refractivity (Wildman–Crippen MR) is 75.4 cm³/mol. The zero-order valence-electron chi connectivity index (χ0n) is 12.6. The van der Waals surface area contributed by atoms with Crippen LogP contribution in [0.15, 0.2) is 0 Å². The van der Waals surface area contributed by atoms with Crippen LogP contribution in [0.2, 0.25) is 0 Å². The molecule has 0 saturated heterocycles. The highest BCUT2D eigenvalue weighted by Gasteiger charge is 2.32. The van der Waals surface area contributed by atoms with Crippen molar-refractivity contribution < 1.29 is 5.11 Å². The minimum Gasteiger partial charge on any atom is -0.394 e. The van der Waals surface area contributed by atoms with E-state index < -0.39 is 0 Å². The Kier molecular flexibility index (Phi) is 7.29. The molecular formula is C14H32N2O. The summed E-state index contributed by atoms with van der Waals surface area (Å²) < 4.78 is 0. The van der Waals surface area contributed by atoms with Crippen LogP contribution in [0.1, 0.15) is 47.5 Å². The molecule has 3 nitrogen and oxygen atoms in total. The first-order valence-corrected chi connectivity index (χ1v) is 6.90. The van der Waals surface area contributed by atoms with E-state index in [1.165, 1.54) is 12.8 Å². The van der Waals surface area contributed by atoms with Crippen LogP contribution >= 0.6 is 0 Å². The molecule has 17 heavy (non-hydrogen) atoms. The van der Waals surface area contributed by atoms with Crippen LogP contribution in [0.3, 0.4) is 0 Å². The van der Waals surface area contributed by atoms with Gasteiger partial charge < -0.3 is 10.4 Å². The van der Waals surface area contributed by atoms with Gasteiger partial charge in [0, 0.05) is 18.6 Å². The van der Waals surface area contributed by atoms with Crippen molar-refractivity contribution in [2.45, 2.75) is 53.0 Å². The lowest BCUT2D eigenvalue weighted by molar-refractivity contribution is 0.0370. The van der Waals surface area contributed by atoms with Gasteiger partial charge in [0.2, 0.25) is 0 Å². The lowest BCUT2D eigenvalue weighted by atomic mass is 9.80. The van der Waals surface area contributed by atoms with Gasteiger partial charge in [-0.1, -0.05) is 20.8 Å². The molecule has 0 unspecified atom stereocenters. The maximum absolute atomic E-state index is 9.43. The molecule has 0 aromatic carbocycles. The van der Waals surface area contributed by atoms with Gasteiger partial charge in [0.15, 0.2) is 0 Å². The van der Waals surface area contributed by atoms with E-state index >= 15 is 0 Å². The Hall–Kier alpha value is -0.120. The first-order chi connectivity index (χ1) is 7.87. The van der Waals surface area contributed by atoms with E-state index in [4.69, 9.17) is 0 Å². The summed E-state index contributed by atoms with van der Waals surface area (Å²) in [6, 6.07) is 0. The molecule has 0 amide bonds. The van der Waals surface area contributed by atoms with Crippen molar-refractivity contribution in [3.8, 4) is 0 Å². The summed E-state index contributed by atoms with van der Waals surface area (Å²) in [6.07, 6.45) is 2.34. The molecule has 0 atom stereocenters. The first kappa shape index (κ1) is 16.9. The Bertz CT molecular complexity index is 200. The van der Waals surface area contributed by atoms with E-state index in [9.17, 15) is 5.11 Å². The van der Waals surface area contributed by atoms with Crippen LogP contribution in [-0.2, 0) is 0 Å². The minimum atomic E-state index is -0.137. The number of nitrogens with zero attached hydrogens (tertiary/aromatic N) is 1. The van der Waals surface area contributed by atoms with Crippen LogP contribution in [0, 0.1) is 5.41 Å². The molecule has 0 spiro atoms. The highest BCUT2D eigenvalue weighted by molar-refractivity contribution is 4.87. The topological polar surface area (TPSA) is 35.5 Å². The lowest BCUT2D eigenvalue weighted by Crippen LogP contribution is -2.51. The average Bonchev–Trinajstić information content (AvgIpc) is 2.34. The number of rotatable bonds is 9. The molecule has 0 rings (SSSR count). The molecule has 0 aliphatic rings. The van der Waals surface area contributed by atoms with Gasteiger partial charge in [0.05, 0.1) is 6.61 Å². The fourth-order valence-electron chi connectivity index (χ4n) is 2.01. The van der Waals surface area contributed by atoms with Crippen molar-refractivity contribution >= 4 is 0 Å². The van der Waals surface area contributed by atoms with Crippen LogP contribution in [-0.4, -0.2) is 48.8 Å². The monoisotopic (exact) mass is 244 g/mol. The summed E-state index contributed by atoms with van der Waals surface area (Å²) in [5.41, 5.74) is 0.180. The maximum Gasteiger partial charge on any atom is 0.0609 e. The van der Waals surface area contributed by atoms with E-state index in [0.29, 0.717) is 5.41 Å². The fourth-order valence-corrected chi connectivity index (χ4v) is 2.01. The molecule has 104 valence electrons. The summed E-state index contributed by atoms with van der Waals surface area (Å²) in [4.78, 5) is 2.29. The molecule has 2 N–H and O–H groups in total. The zero-order valence-corrected chi connectivity index (χ0v) is 12.6. The molecular weight excluding hydrogens is 212 g/mol. The fraction of sp³-hybridized carbons (Fsp3) is 1.00. The van der Waals surface area contributed by atoms with Crippen molar-refractivity contribution in [3.05, 3.63) is 0 Å². The Morgan fingerprint density at radius 2 is 1.65 bits per heavy atom. The zero-order chi connectivity index (χ0) is 13.5. The Labute approximate surface area is 108 Å². The van der Waals surface area contributed by atoms with E-state index in [1.54, 1.807) is 0 Å². The Morgan fingerprint density at radius 1 is 1.12 bits per heavy atom. The van der Waals surface area contributed by atoms with Crippen molar-refractivity contribution in [2.75, 3.05) is 33.3 Å². The smallest absolute Gasteiger partial charge is 0.0609 e. The van der Waals surface area contributed by atoms with Crippen LogP contribution in [0.5, 0.6) is 0 Å². The van der Waals surface area contributed by atoms with E-state index in [0.717, 1.165) is 19.6 Å². The summed E-state index contributed by atoms with van der Waals surface area (Å²) in [6.45, 7) is 14.2. The minimum absolute atomic E-state index is 0.137. The molecule has 0 saturated carbocycles. The third-order valence-electron chi connectivity index (χ3n) is 4.24. The average molecular weight is 244 g/mol. The molecule has 0 heterocycles. The van der Waals surface area contributed by atoms with Gasteiger partial charge in [-0.15, -0.1) is 0 Å². The van der Waals surface area contributed by atoms with Gasteiger partial charge >= 0.3 is 0 Å². The van der Waals surface area contributed by atoms with Crippen molar-refractivity contribution in [3.63, 3.8) is 0 Å². The van der Waals surface area contributed by atoms with Crippen LogP contribution in [0.4, 0.5) is 0 Å². The molecule has 0 bridgehead atoms. The van der Waals surface area contributed by atoms with Gasteiger partial charge in [-0.3, -0.25) is 4.90 Å². The molecule has 3 heteroatoms. The number of likely N-dealkylation sites (N-methyl/N-ethyl adjacent to an activating group) is 1. The predicted octanol–water partition coefficient (Wildman–Crippen LogP) is 2.11. The third kappa shape index (κ3) is 4.94. The van der Waals surface area contributed by atoms with E-state index in [2.05, 4.69) is 51.9 Å². The Balaban J connectivity index is 4.63. The highest BCUT2D eigenvalue weighted by atomic mass is 16.3. The second-order valence-electron chi connectivity index (χ2n) is 5.81. The number of nitrogens with one attached hydrogen (secondary N) is 1. The normalized spacial score (nSPS) is 13.4. The Morgan fingerprint density at radius 3 is 2.00 bits per heavy atom. The van der Waals surface area contributed by atoms with Gasteiger partial charge in [-0.25, -0.2) is 0 Å². The van der Waals surface area contributed by atoms with Crippen LogP contribution in [0.25, 0.3) is 0 Å². The summed E-state index contributed by atoms with van der Waals surface area (Å²) in [5.74, 6) is 0. The van der Waals surface area contributed by atoms with Crippen molar-refractivity contribution in [1.29, 1.82) is 0 Å². The molecule has 0 aromatic rings. The third-order valence-corrected chi connectivity index (χ3v) is 4.24. The molecule has 0 radical (unpaired) electrons. The van der Waals surface area contributed by atoms with Gasteiger partial charge in [-0.05, 0) is 45.7 Å². The number of aliphatic hydroxyl groups is 1. The SMILES string of the molecule is CCNCC(CC)(CC)CN(C)C(C)(C)CO. The standard InChI is InChI=1S/C14H32N2O/c1-7-14(8-2,10-15-9-3)11-16(6)13(4,5)12-17/h15,17H,7-12H2,1-6H3. The van der Waals surface area contributed by atoms with Crippen molar-refractivity contribution in [2.24, 2.45) is 5.41 Å². The summed E-state index contributed by atoms with van der Waals surface area (Å²) in [7, 11) is 2.11. The van der Waals surface area contributed by atoms with Gasteiger partial charge in [0.1, 0.15) is 0 Å². The first-order valence-electron chi connectivity index (χ1n) is 6.90. The molecule has 0 aliphatic heterocycles. The maximum atomic E-state index is 9.43. The second-order valence-corrected chi connectivity index (χ2v) is 5.81. The summed E-state index contributed by atoms with van der Waals surface area (Å²) >= 11 is 0. The van der Waals surface area contributed by atoms with E-state index in [-0.39, 0.29) is 12.1 Å². The number of aliphatic hydroxyl groups excluding tert-OH is 1.